The molecule has 0 saturated heterocycles. The van der Waals surface area contributed by atoms with Crippen LogP contribution in [0.3, 0.4) is 0 Å². The number of hydrogen-bond donors (Lipinski definition) is 1. The monoisotopic (exact) mass is 433 g/mol. The zero-order chi connectivity index (χ0) is 22.4. The number of unbranched alkanes of at least 4 members (excludes halogenated alkanes) is 16. The van der Waals surface area contributed by atoms with E-state index < -0.39 is 0 Å². The smallest absolute Gasteiger partial charge is 0.247 e. The van der Waals surface area contributed by atoms with E-state index in [0.717, 1.165) is 12.5 Å². The Labute approximate surface area is 196 Å². The molecule has 31 heavy (non-hydrogen) atoms. The molecule has 0 aliphatic carbocycles. The average Bonchev–Trinajstić information content (AvgIpc) is 3.23. The number of nitrogens with one attached hydrogen (secondary N) is 1. The fourth-order valence-electron chi connectivity index (χ4n) is 4.98. The van der Waals surface area contributed by atoms with Gasteiger partial charge in [-0.1, -0.05) is 136 Å². The Kier molecular flexibility index (Phi) is 19.2. The van der Waals surface area contributed by atoms with Crippen molar-refractivity contribution in [1.29, 1.82) is 0 Å². The van der Waals surface area contributed by atoms with Crippen molar-refractivity contribution >= 4 is 0 Å². The molecule has 0 aromatic carbocycles. The number of aromatic nitrogens is 2. The van der Waals surface area contributed by atoms with Crippen molar-refractivity contribution in [3.05, 3.63) is 18.2 Å². The Morgan fingerprint density at radius 2 is 1.00 bits per heavy atom. The molecular weight excluding hydrogens is 376 g/mol. The van der Waals surface area contributed by atoms with Crippen LogP contribution in [0.2, 0.25) is 0 Å². The van der Waals surface area contributed by atoms with Crippen LogP contribution in [-0.4, -0.2) is 4.98 Å². The highest BCUT2D eigenvalue weighted by Gasteiger charge is 2.22. The number of aryl methyl sites for hydroxylation is 1. The molecule has 1 aromatic heterocycles. The molecule has 2 nitrogen and oxygen atoms in total. The van der Waals surface area contributed by atoms with Gasteiger partial charge >= 0.3 is 0 Å². The first-order valence-corrected chi connectivity index (χ1v) is 14.4. The molecule has 0 fully saturated rings. The average molecular weight is 434 g/mol. The van der Waals surface area contributed by atoms with Crippen molar-refractivity contribution < 1.29 is 4.57 Å². The summed E-state index contributed by atoms with van der Waals surface area (Å²) >= 11 is 0. The summed E-state index contributed by atoms with van der Waals surface area (Å²) in [4.78, 5) is 3.61. The Morgan fingerprint density at radius 3 is 1.42 bits per heavy atom. The highest BCUT2D eigenvalue weighted by Crippen LogP contribution is 2.26. The SMILES string of the molecule is CCCCCCCCCCCCC[C@H](CCCCCCCCC)c1[nH]cc[n+]1CCC. The van der Waals surface area contributed by atoms with Gasteiger partial charge in [-0.15, -0.1) is 0 Å². The Balaban J connectivity index is 2.24. The van der Waals surface area contributed by atoms with E-state index in [1.54, 1.807) is 0 Å². The first kappa shape index (κ1) is 28.2. The third kappa shape index (κ3) is 14.8. The van der Waals surface area contributed by atoms with E-state index in [2.05, 4.69) is 42.7 Å². The molecule has 0 bridgehead atoms. The lowest BCUT2D eigenvalue weighted by atomic mass is 9.93. The van der Waals surface area contributed by atoms with Gasteiger partial charge in [-0.3, -0.25) is 0 Å². The van der Waals surface area contributed by atoms with Gasteiger partial charge in [0.1, 0.15) is 12.4 Å². The fraction of sp³-hybridized carbons (Fsp3) is 0.897. The van der Waals surface area contributed by atoms with Gasteiger partial charge in [0.15, 0.2) is 0 Å². The van der Waals surface area contributed by atoms with Gasteiger partial charge in [-0.05, 0) is 19.3 Å². The van der Waals surface area contributed by atoms with Gasteiger partial charge in [0.25, 0.3) is 5.82 Å². The molecule has 2 heteroatoms. The number of nitrogens with zero attached hydrogens (tertiary/aromatic N) is 1. The largest absolute Gasteiger partial charge is 0.257 e. The molecule has 0 aliphatic rings. The molecule has 1 rings (SSSR count). The van der Waals surface area contributed by atoms with Crippen LogP contribution in [-0.2, 0) is 6.54 Å². The van der Waals surface area contributed by atoms with E-state index in [-0.39, 0.29) is 0 Å². The van der Waals surface area contributed by atoms with Gasteiger partial charge in [0.05, 0.1) is 12.5 Å². The van der Waals surface area contributed by atoms with Gasteiger partial charge in [-0.25, -0.2) is 9.55 Å². The summed E-state index contributed by atoms with van der Waals surface area (Å²) in [5, 5.41) is 0. The predicted molar refractivity (Wildman–Crippen MR) is 138 cm³/mol. The van der Waals surface area contributed by atoms with Crippen LogP contribution in [0.25, 0.3) is 0 Å². The fourth-order valence-corrected chi connectivity index (χ4v) is 4.98. The number of imidazole rings is 1. The minimum atomic E-state index is 0.732. The third-order valence-corrected chi connectivity index (χ3v) is 6.96. The van der Waals surface area contributed by atoms with E-state index in [1.165, 1.54) is 141 Å². The lowest BCUT2D eigenvalue weighted by molar-refractivity contribution is -0.704. The number of aromatic amines is 1. The predicted octanol–water partition coefficient (Wildman–Crippen LogP) is 9.64. The van der Waals surface area contributed by atoms with Crippen LogP contribution in [0.1, 0.15) is 167 Å². The lowest BCUT2D eigenvalue weighted by Gasteiger charge is -2.14. The quantitative estimate of drug-likeness (QED) is 0.131. The van der Waals surface area contributed by atoms with Gasteiger partial charge in [0, 0.05) is 0 Å². The summed E-state index contributed by atoms with van der Waals surface area (Å²) in [6, 6.07) is 0. The van der Waals surface area contributed by atoms with Crippen LogP contribution < -0.4 is 4.57 Å². The second kappa shape index (κ2) is 21.1. The summed E-state index contributed by atoms with van der Waals surface area (Å²) in [7, 11) is 0. The molecule has 1 atom stereocenters. The second-order valence-corrected chi connectivity index (χ2v) is 9.97. The number of hydrogen-bond acceptors (Lipinski definition) is 0. The minimum absolute atomic E-state index is 0.732. The molecule has 0 saturated carbocycles. The topological polar surface area (TPSA) is 19.7 Å². The molecular formula is C29H57N2+. The number of rotatable bonds is 23. The van der Waals surface area contributed by atoms with E-state index in [4.69, 9.17) is 0 Å². The van der Waals surface area contributed by atoms with Gasteiger partial charge in [-0.2, -0.15) is 0 Å². The normalized spacial score (nSPS) is 12.5. The maximum atomic E-state index is 3.61. The molecule has 0 spiro atoms. The van der Waals surface area contributed by atoms with Crippen LogP contribution >= 0.6 is 0 Å². The maximum absolute atomic E-state index is 3.61. The van der Waals surface area contributed by atoms with E-state index in [9.17, 15) is 0 Å². The first-order chi connectivity index (χ1) is 15.3. The summed E-state index contributed by atoms with van der Waals surface area (Å²) in [5.74, 6) is 2.23. The standard InChI is InChI=1S/C29H56N2/c1-4-7-9-11-13-14-15-16-18-20-22-24-28(23-21-19-17-12-10-8-5-2)29-30-25-27-31(29)26-6-3/h25,27-28H,4-24,26H2,1-3H3/p+1/t28-/m0/s1. The highest BCUT2D eigenvalue weighted by molar-refractivity contribution is 4.90. The lowest BCUT2D eigenvalue weighted by Crippen LogP contribution is -2.37. The van der Waals surface area contributed by atoms with Crippen LogP contribution in [0.15, 0.2) is 12.4 Å². The van der Waals surface area contributed by atoms with Crippen molar-refractivity contribution in [2.24, 2.45) is 0 Å². The highest BCUT2D eigenvalue weighted by atomic mass is 15.1. The molecule has 1 N–H and O–H groups in total. The summed E-state index contributed by atoms with van der Waals surface area (Å²) in [5.41, 5.74) is 0. The molecule has 0 unspecified atom stereocenters. The Bertz CT molecular complexity index is 479. The van der Waals surface area contributed by atoms with Crippen molar-refractivity contribution in [3.63, 3.8) is 0 Å². The van der Waals surface area contributed by atoms with E-state index in [0.29, 0.717) is 0 Å². The summed E-state index contributed by atoms with van der Waals surface area (Å²) in [6.07, 6.45) is 34.1. The van der Waals surface area contributed by atoms with Crippen LogP contribution in [0.5, 0.6) is 0 Å². The molecule has 182 valence electrons. The molecule has 0 amide bonds. The van der Waals surface area contributed by atoms with Gasteiger partial charge in [0.2, 0.25) is 0 Å². The van der Waals surface area contributed by atoms with Crippen LogP contribution in [0, 0.1) is 0 Å². The second-order valence-electron chi connectivity index (χ2n) is 9.97. The Hall–Kier alpha value is -0.790. The van der Waals surface area contributed by atoms with E-state index in [1.807, 2.05) is 0 Å². The van der Waals surface area contributed by atoms with Crippen molar-refractivity contribution in [2.45, 2.75) is 168 Å². The molecule has 1 aromatic rings. The first-order valence-electron chi connectivity index (χ1n) is 14.4. The van der Waals surface area contributed by atoms with Crippen molar-refractivity contribution in [1.82, 2.24) is 4.98 Å². The maximum Gasteiger partial charge on any atom is 0.257 e. The van der Waals surface area contributed by atoms with E-state index >= 15 is 0 Å². The van der Waals surface area contributed by atoms with Crippen LogP contribution in [0.4, 0.5) is 0 Å². The molecule has 1 heterocycles. The zero-order valence-electron chi connectivity index (χ0n) is 21.7. The molecule has 0 radical (unpaired) electrons. The minimum Gasteiger partial charge on any atom is -0.247 e. The number of H-pyrrole nitrogens is 1. The summed E-state index contributed by atoms with van der Waals surface area (Å²) in [6.45, 7) is 8.06. The van der Waals surface area contributed by atoms with Crippen molar-refractivity contribution in [3.8, 4) is 0 Å². The molecule has 0 aliphatic heterocycles. The third-order valence-electron chi connectivity index (χ3n) is 6.96. The van der Waals surface area contributed by atoms with Gasteiger partial charge < -0.3 is 0 Å². The summed E-state index contributed by atoms with van der Waals surface area (Å²) < 4.78 is 2.49. The Morgan fingerprint density at radius 1 is 0.581 bits per heavy atom. The van der Waals surface area contributed by atoms with Crippen molar-refractivity contribution in [2.75, 3.05) is 0 Å². The zero-order valence-corrected chi connectivity index (χ0v) is 21.7.